The predicted molar refractivity (Wildman–Crippen MR) is 87.0 cm³/mol. The van der Waals surface area contributed by atoms with Crippen molar-refractivity contribution in [1.82, 2.24) is 14.8 Å². The number of aromatic nitrogens is 1. The van der Waals surface area contributed by atoms with Gasteiger partial charge in [0.25, 0.3) is 5.91 Å². The van der Waals surface area contributed by atoms with Crippen molar-refractivity contribution in [2.45, 2.75) is 12.8 Å². The first-order valence-corrected chi connectivity index (χ1v) is 7.85. The van der Waals surface area contributed by atoms with Crippen molar-refractivity contribution in [3.63, 3.8) is 0 Å². The number of nitrogens with one attached hydrogen (secondary N) is 1. The van der Waals surface area contributed by atoms with E-state index in [1.807, 2.05) is 6.07 Å². The van der Waals surface area contributed by atoms with E-state index in [2.05, 4.69) is 15.2 Å². The van der Waals surface area contributed by atoms with Crippen LogP contribution in [0.2, 0.25) is 0 Å². The average molecular weight is 306 g/mol. The van der Waals surface area contributed by atoms with Crippen LogP contribution in [0.25, 0.3) is 0 Å². The fourth-order valence-electron chi connectivity index (χ4n) is 2.73. The second-order valence-corrected chi connectivity index (χ2v) is 6.05. The van der Waals surface area contributed by atoms with Gasteiger partial charge in [0, 0.05) is 46.5 Å². The molecule has 6 heteroatoms. The van der Waals surface area contributed by atoms with Crippen LogP contribution in [0, 0.1) is 5.92 Å². The van der Waals surface area contributed by atoms with E-state index in [1.165, 1.54) is 4.90 Å². The van der Waals surface area contributed by atoms with Gasteiger partial charge in [0.05, 0.1) is 5.56 Å². The Morgan fingerprint density at radius 2 is 2.32 bits per heavy atom. The molecule has 1 amide bonds. The van der Waals surface area contributed by atoms with E-state index in [4.69, 9.17) is 0 Å². The number of likely N-dealkylation sites (tertiary alicyclic amines) is 1. The molecule has 6 nitrogen and oxygen atoms in total. The number of rotatable bonds is 6. The first-order chi connectivity index (χ1) is 10.6. The Kier molecular flexibility index (Phi) is 6.15. The van der Waals surface area contributed by atoms with Crippen LogP contribution in [0.4, 0.5) is 5.82 Å². The molecule has 2 rings (SSSR count). The smallest absolute Gasteiger partial charge is 0.254 e. The Labute approximate surface area is 132 Å². The molecule has 0 unspecified atom stereocenters. The van der Waals surface area contributed by atoms with Gasteiger partial charge in [-0.15, -0.1) is 0 Å². The van der Waals surface area contributed by atoms with E-state index in [1.54, 1.807) is 26.4 Å². The van der Waals surface area contributed by atoms with Crippen LogP contribution in [-0.4, -0.2) is 72.7 Å². The summed E-state index contributed by atoms with van der Waals surface area (Å²) in [5.41, 5.74) is 0.595. The number of aliphatic hydroxyl groups excluding tert-OH is 1. The van der Waals surface area contributed by atoms with Crippen LogP contribution in [0.5, 0.6) is 0 Å². The van der Waals surface area contributed by atoms with Crippen LogP contribution in [0.15, 0.2) is 18.3 Å². The number of carbonyl (C=O) groups excluding carboxylic acids is 1. The highest BCUT2D eigenvalue weighted by Crippen LogP contribution is 2.15. The first kappa shape index (κ1) is 16.7. The van der Waals surface area contributed by atoms with Crippen molar-refractivity contribution < 1.29 is 9.90 Å². The molecule has 122 valence electrons. The molecule has 1 aromatic heterocycles. The van der Waals surface area contributed by atoms with Gasteiger partial charge in [0.15, 0.2) is 0 Å². The summed E-state index contributed by atoms with van der Waals surface area (Å²) in [6, 6.07) is 3.63. The summed E-state index contributed by atoms with van der Waals surface area (Å²) in [6.45, 7) is 4.11. The number of pyridine rings is 1. The van der Waals surface area contributed by atoms with Crippen molar-refractivity contribution >= 4 is 11.7 Å². The molecule has 1 saturated heterocycles. The lowest BCUT2D eigenvalue weighted by atomic mass is 9.99. The summed E-state index contributed by atoms with van der Waals surface area (Å²) in [5, 5.41) is 12.5. The Morgan fingerprint density at radius 1 is 1.50 bits per heavy atom. The predicted octanol–water partition coefficient (Wildman–Crippen LogP) is 0.900. The van der Waals surface area contributed by atoms with Gasteiger partial charge < -0.3 is 20.2 Å². The second-order valence-electron chi connectivity index (χ2n) is 6.05. The van der Waals surface area contributed by atoms with E-state index < -0.39 is 0 Å². The lowest BCUT2D eigenvalue weighted by molar-refractivity contribution is 0.0827. The van der Waals surface area contributed by atoms with Crippen molar-refractivity contribution in [3.8, 4) is 0 Å². The molecule has 0 spiro atoms. The Morgan fingerprint density at radius 3 is 2.95 bits per heavy atom. The minimum Gasteiger partial charge on any atom is -0.396 e. The molecule has 2 N–H and O–H groups in total. The SMILES string of the molecule is CN(C)C(=O)c1ccc(NCCN2CCC[C@H](CO)C2)nc1. The van der Waals surface area contributed by atoms with Gasteiger partial charge in [0.2, 0.25) is 0 Å². The Balaban J connectivity index is 1.76. The molecule has 0 radical (unpaired) electrons. The quantitative estimate of drug-likeness (QED) is 0.817. The second kappa shape index (κ2) is 8.10. The zero-order valence-corrected chi connectivity index (χ0v) is 13.5. The lowest BCUT2D eigenvalue weighted by Gasteiger charge is -2.31. The topological polar surface area (TPSA) is 68.7 Å². The fourth-order valence-corrected chi connectivity index (χ4v) is 2.73. The van der Waals surface area contributed by atoms with E-state index in [0.717, 1.165) is 44.8 Å². The maximum Gasteiger partial charge on any atom is 0.254 e. The summed E-state index contributed by atoms with van der Waals surface area (Å²) in [6.07, 6.45) is 3.89. The summed E-state index contributed by atoms with van der Waals surface area (Å²) in [7, 11) is 3.46. The minimum atomic E-state index is -0.0394. The summed E-state index contributed by atoms with van der Waals surface area (Å²) in [4.78, 5) is 20.0. The maximum absolute atomic E-state index is 11.8. The van der Waals surface area contributed by atoms with E-state index in [-0.39, 0.29) is 12.5 Å². The fraction of sp³-hybridized carbons (Fsp3) is 0.625. The van der Waals surface area contributed by atoms with Crippen LogP contribution in [0.1, 0.15) is 23.2 Å². The van der Waals surface area contributed by atoms with Gasteiger partial charge in [-0.2, -0.15) is 0 Å². The summed E-state index contributed by atoms with van der Waals surface area (Å²) < 4.78 is 0. The molecular formula is C16H26N4O2. The number of hydrogen-bond donors (Lipinski definition) is 2. The van der Waals surface area contributed by atoms with Crippen LogP contribution < -0.4 is 5.32 Å². The van der Waals surface area contributed by atoms with Gasteiger partial charge in [-0.1, -0.05) is 0 Å². The van der Waals surface area contributed by atoms with Crippen molar-refractivity contribution in [2.24, 2.45) is 5.92 Å². The molecular weight excluding hydrogens is 280 g/mol. The monoisotopic (exact) mass is 306 g/mol. The van der Waals surface area contributed by atoms with Crippen molar-refractivity contribution in [2.75, 3.05) is 52.2 Å². The van der Waals surface area contributed by atoms with Crippen LogP contribution >= 0.6 is 0 Å². The van der Waals surface area contributed by atoms with Crippen molar-refractivity contribution in [3.05, 3.63) is 23.9 Å². The zero-order valence-electron chi connectivity index (χ0n) is 13.5. The Hall–Kier alpha value is -1.66. The molecule has 0 aromatic carbocycles. The largest absolute Gasteiger partial charge is 0.396 e. The van der Waals surface area contributed by atoms with Gasteiger partial charge in [-0.05, 0) is 37.4 Å². The van der Waals surface area contributed by atoms with E-state index in [0.29, 0.717) is 11.5 Å². The molecule has 1 aliphatic rings. The number of hydrogen-bond acceptors (Lipinski definition) is 5. The van der Waals surface area contributed by atoms with Gasteiger partial charge in [-0.3, -0.25) is 4.79 Å². The zero-order chi connectivity index (χ0) is 15.9. The number of piperidine rings is 1. The highest BCUT2D eigenvalue weighted by molar-refractivity contribution is 5.93. The summed E-state index contributed by atoms with van der Waals surface area (Å²) in [5.74, 6) is 1.16. The number of carbonyl (C=O) groups is 1. The van der Waals surface area contributed by atoms with Gasteiger partial charge >= 0.3 is 0 Å². The lowest BCUT2D eigenvalue weighted by Crippen LogP contribution is -2.39. The molecule has 1 fully saturated rings. The van der Waals surface area contributed by atoms with Gasteiger partial charge in [-0.25, -0.2) is 4.98 Å². The summed E-state index contributed by atoms with van der Waals surface area (Å²) >= 11 is 0. The van der Waals surface area contributed by atoms with Crippen LogP contribution in [-0.2, 0) is 0 Å². The standard InChI is InChI=1S/C16H26N4O2/c1-19(2)16(22)14-5-6-15(18-10-14)17-7-9-20-8-3-4-13(11-20)12-21/h5-6,10,13,21H,3-4,7-9,11-12H2,1-2H3,(H,17,18)/t13-/m0/s1. The Bertz CT molecular complexity index is 476. The highest BCUT2D eigenvalue weighted by atomic mass is 16.3. The third-order valence-corrected chi connectivity index (χ3v) is 4.01. The molecule has 0 bridgehead atoms. The number of anilines is 1. The van der Waals surface area contributed by atoms with E-state index >= 15 is 0 Å². The third kappa shape index (κ3) is 4.68. The minimum absolute atomic E-state index is 0.0394. The molecule has 1 atom stereocenters. The molecule has 1 aromatic rings. The third-order valence-electron chi connectivity index (χ3n) is 4.01. The van der Waals surface area contributed by atoms with E-state index in [9.17, 15) is 9.90 Å². The molecule has 0 saturated carbocycles. The maximum atomic E-state index is 11.8. The van der Waals surface area contributed by atoms with Gasteiger partial charge in [0.1, 0.15) is 5.82 Å². The molecule has 0 aliphatic carbocycles. The highest BCUT2D eigenvalue weighted by Gasteiger charge is 2.18. The normalized spacial score (nSPS) is 19.0. The first-order valence-electron chi connectivity index (χ1n) is 7.85. The average Bonchev–Trinajstić information content (AvgIpc) is 2.55. The molecule has 22 heavy (non-hydrogen) atoms. The molecule has 2 heterocycles. The number of nitrogens with zero attached hydrogens (tertiary/aromatic N) is 3. The van der Waals surface area contributed by atoms with Crippen LogP contribution in [0.3, 0.4) is 0 Å². The number of aliphatic hydroxyl groups is 1. The molecule has 1 aliphatic heterocycles. The van der Waals surface area contributed by atoms with Crippen molar-refractivity contribution in [1.29, 1.82) is 0 Å². The number of amides is 1.